The number of aromatic nitrogens is 2. The molecular formula is C30H19N3O2S4. The number of hydrogen-bond acceptors (Lipinski definition) is 8. The summed E-state index contributed by atoms with van der Waals surface area (Å²) in [5.74, 6) is 0.644. The molecule has 6 aromatic rings. The van der Waals surface area contributed by atoms with Crippen LogP contribution >= 0.6 is 45.8 Å². The van der Waals surface area contributed by atoms with Gasteiger partial charge in [-0.2, -0.15) is 0 Å². The van der Waals surface area contributed by atoms with Gasteiger partial charge >= 0.3 is 0 Å². The van der Waals surface area contributed by atoms with Gasteiger partial charge < -0.3 is 4.42 Å². The monoisotopic (exact) mass is 581 g/mol. The van der Waals surface area contributed by atoms with Crippen LogP contribution < -0.4 is 14.9 Å². The summed E-state index contributed by atoms with van der Waals surface area (Å²) in [6.07, 6.45) is 3.69. The van der Waals surface area contributed by atoms with Crippen molar-refractivity contribution in [3.05, 3.63) is 125 Å². The number of thiazole rings is 2. The Morgan fingerprint density at radius 3 is 2.77 bits per heavy atom. The summed E-state index contributed by atoms with van der Waals surface area (Å²) >= 11 is 6.26. The molecule has 1 aliphatic heterocycles. The number of thiophene rings is 1. The van der Waals surface area contributed by atoms with Crippen molar-refractivity contribution in [3.63, 3.8) is 0 Å². The van der Waals surface area contributed by atoms with Crippen molar-refractivity contribution in [2.45, 2.75) is 28.3 Å². The fourth-order valence-electron chi connectivity index (χ4n) is 5.29. The summed E-state index contributed by atoms with van der Waals surface area (Å²) in [7, 11) is 0. The molecule has 190 valence electrons. The molecule has 0 N–H and O–H groups in total. The number of rotatable bonds is 4. The van der Waals surface area contributed by atoms with Crippen molar-refractivity contribution < 1.29 is 4.42 Å². The van der Waals surface area contributed by atoms with Crippen LogP contribution in [0.15, 0.2) is 107 Å². The highest BCUT2D eigenvalue weighted by Crippen LogP contribution is 2.42. The summed E-state index contributed by atoms with van der Waals surface area (Å²) in [6.45, 7) is 0. The van der Waals surface area contributed by atoms with Crippen LogP contribution in [0.3, 0.4) is 0 Å². The highest BCUT2D eigenvalue weighted by Gasteiger charge is 2.33. The van der Waals surface area contributed by atoms with Crippen molar-refractivity contribution >= 4 is 67.8 Å². The minimum Gasteiger partial charge on any atom is -0.450 e. The number of allylic oxidation sites excluding steroid dienone is 1. The first kappa shape index (κ1) is 23.4. The van der Waals surface area contributed by atoms with Crippen LogP contribution in [0.4, 0.5) is 0 Å². The minimum atomic E-state index is -0.131. The Hall–Kier alpha value is -3.50. The first-order valence-electron chi connectivity index (χ1n) is 12.5. The quantitative estimate of drug-likeness (QED) is 0.232. The molecular weight excluding hydrogens is 563 g/mol. The first-order chi connectivity index (χ1) is 19.2. The number of fused-ring (bicyclic) bond motifs is 4. The van der Waals surface area contributed by atoms with E-state index in [1.54, 1.807) is 22.7 Å². The molecule has 2 aliphatic rings. The van der Waals surface area contributed by atoms with E-state index in [4.69, 9.17) is 9.41 Å². The van der Waals surface area contributed by atoms with E-state index in [0.29, 0.717) is 10.3 Å². The van der Waals surface area contributed by atoms with Gasteiger partial charge in [0.05, 0.1) is 26.5 Å². The van der Waals surface area contributed by atoms with E-state index < -0.39 is 0 Å². The number of nitrogens with zero attached hydrogens (tertiary/aromatic N) is 3. The van der Waals surface area contributed by atoms with Crippen LogP contribution in [0.5, 0.6) is 0 Å². The maximum absolute atomic E-state index is 13.8. The van der Waals surface area contributed by atoms with Crippen molar-refractivity contribution in [3.8, 4) is 0 Å². The molecule has 5 nitrogen and oxygen atoms in total. The summed E-state index contributed by atoms with van der Waals surface area (Å²) in [6, 6.07) is 24.5. The molecule has 0 unspecified atom stereocenters. The van der Waals surface area contributed by atoms with Gasteiger partial charge in [0.1, 0.15) is 5.76 Å². The molecule has 4 aromatic heterocycles. The third-order valence-corrected chi connectivity index (χ3v) is 10.9. The van der Waals surface area contributed by atoms with Crippen LogP contribution in [-0.2, 0) is 6.42 Å². The van der Waals surface area contributed by atoms with E-state index in [0.717, 1.165) is 47.9 Å². The molecule has 8 rings (SSSR count). The van der Waals surface area contributed by atoms with Gasteiger partial charge in [-0.3, -0.25) is 9.36 Å². The maximum atomic E-state index is 13.8. The highest BCUT2D eigenvalue weighted by atomic mass is 32.2. The SMILES string of the molecule is O=c1/c(=C\c2ccc(Sc3nc4ccccc4s3)o2)sc2n1[C@H](c1cccs1)C1=C(N=2)c2ccccc2CC1. The molecule has 2 aromatic carbocycles. The zero-order valence-corrected chi connectivity index (χ0v) is 23.6. The van der Waals surface area contributed by atoms with Gasteiger partial charge in [0.2, 0.25) is 0 Å². The van der Waals surface area contributed by atoms with Crippen LogP contribution in [0.25, 0.3) is 22.0 Å². The topological polar surface area (TPSA) is 60.4 Å². The molecule has 0 radical (unpaired) electrons. The third-order valence-electron chi connectivity index (χ3n) is 7.02. The Morgan fingerprint density at radius 1 is 0.974 bits per heavy atom. The van der Waals surface area contributed by atoms with E-state index >= 15 is 0 Å². The maximum Gasteiger partial charge on any atom is 0.271 e. The van der Waals surface area contributed by atoms with Gasteiger partial charge in [0.15, 0.2) is 14.2 Å². The minimum absolute atomic E-state index is 0.0284. The van der Waals surface area contributed by atoms with E-state index in [1.165, 1.54) is 39.8 Å². The number of aryl methyl sites for hydroxylation is 1. The van der Waals surface area contributed by atoms with Gasteiger partial charge in [-0.25, -0.2) is 9.98 Å². The normalized spacial score (nSPS) is 16.7. The second-order valence-corrected chi connectivity index (χ2v) is 13.6. The lowest BCUT2D eigenvalue weighted by Crippen LogP contribution is -2.38. The molecule has 0 bridgehead atoms. The Bertz CT molecular complexity index is 2060. The Kier molecular flexibility index (Phi) is 5.58. The average Bonchev–Trinajstić information content (AvgIpc) is 3.76. The molecule has 0 saturated carbocycles. The molecule has 0 fully saturated rings. The van der Waals surface area contributed by atoms with Crippen LogP contribution in [0.2, 0.25) is 0 Å². The van der Waals surface area contributed by atoms with Crippen molar-refractivity contribution in [1.82, 2.24) is 9.55 Å². The molecule has 1 aliphatic carbocycles. The smallest absolute Gasteiger partial charge is 0.271 e. The summed E-state index contributed by atoms with van der Waals surface area (Å²) < 4.78 is 10.7. The molecule has 0 spiro atoms. The Morgan fingerprint density at radius 2 is 1.87 bits per heavy atom. The Labute approximate surface area is 239 Å². The lowest BCUT2D eigenvalue weighted by molar-refractivity contribution is 0.466. The first-order valence-corrected chi connectivity index (χ1v) is 15.8. The molecule has 0 saturated heterocycles. The second kappa shape index (κ2) is 9.31. The number of furan rings is 1. The Balaban J connectivity index is 1.21. The van der Waals surface area contributed by atoms with Crippen molar-refractivity contribution in [2.75, 3.05) is 0 Å². The van der Waals surface area contributed by atoms with E-state index in [9.17, 15) is 4.79 Å². The third kappa shape index (κ3) is 4.00. The highest BCUT2D eigenvalue weighted by molar-refractivity contribution is 8.01. The predicted octanol–water partition coefficient (Wildman–Crippen LogP) is 6.73. The second-order valence-electron chi connectivity index (χ2n) is 9.34. The summed E-state index contributed by atoms with van der Waals surface area (Å²) in [4.78, 5) is 25.5. The van der Waals surface area contributed by atoms with Gasteiger partial charge in [-0.05, 0) is 71.5 Å². The largest absolute Gasteiger partial charge is 0.450 e. The number of hydrogen-bond donors (Lipinski definition) is 0. The zero-order chi connectivity index (χ0) is 25.9. The van der Waals surface area contributed by atoms with Crippen molar-refractivity contribution in [1.29, 1.82) is 0 Å². The zero-order valence-electron chi connectivity index (χ0n) is 20.4. The molecule has 5 heterocycles. The van der Waals surface area contributed by atoms with Gasteiger partial charge in [0, 0.05) is 16.5 Å². The van der Waals surface area contributed by atoms with Crippen LogP contribution in [0.1, 0.15) is 34.2 Å². The summed E-state index contributed by atoms with van der Waals surface area (Å²) in [5, 5.41) is 2.83. The van der Waals surface area contributed by atoms with Crippen LogP contribution in [0, 0.1) is 0 Å². The van der Waals surface area contributed by atoms with Crippen molar-refractivity contribution in [2.24, 2.45) is 4.99 Å². The van der Waals surface area contributed by atoms with E-state index in [1.807, 2.05) is 41.0 Å². The molecule has 9 heteroatoms. The van der Waals surface area contributed by atoms with Gasteiger partial charge in [0.25, 0.3) is 5.56 Å². The lowest BCUT2D eigenvalue weighted by atomic mass is 9.85. The number of para-hydroxylation sites is 1. The fourth-order valence-corrected chi connectivity index (χ4v) is 9.09. The predicted molar refractivity (Wildman–Crippen MR) is 160 cm³/mol. The lowest BCUT2D eigenvalue weighted by Gasteiger charge is -2.30. The summed E-state index contributed by atoms with van der Waals surface area (Å²) in [5.41, 5.74) is 5.71. The van der Waals surface area contributed by atoms with Gasteiger partial charge in [-0.1, -0.05) is 53.8 Å². The molecule has 1 atom stereocenters. The van der Waals surface area contributed by atoms with E-state index in [-0.39, 0.29) is 11.6 Å². The van der Waals surface area contributed by atoms with Crippen LogP contribution in [-0.4, -0.2) is 9.55 Å². The standard InChI is InChI=1S/C30H19N3O2S4/c34-28-24(16-18-12-14-25(35-18)39-30-31-21-8-3-4-9-22(21)38-30)37-29-32-26-19-7-2-1-6-17(19)11-13-20(26)27(33(28)29)23-10-5-15-36-23/h1-10,12,14-16,27H,11,13H2/b24-16+/t27-/m0/s1. The fraction of sp³-hybridized carbons (Fsp3) is 0.100. The molecule has 39 heavy (non-hydrogen) atoms. The average molecular weight is 582 g/mol. The molecule has 0 amide bonds. The number of benzene rings is 2. The van der Waals surface area contributed by atoms with Gasteiger partial charge in [-0.15, -0.1) is 22.7 Å². The van der Waals surface area contributed by atoms with E-state index in [2.05, 4.69) is 52.8 Å².